The Labute approximate surface area is 320 Å². The average Bonchev–Trinajstić information content (AvgIpc) is 3.08. The Hall–Kier alpha value is -4.48. The molecule has 5 rings (SSSR count). The second-order valence-electron chi connectivity index (χ2n) is 15.1. The van der Waals surface area contributed by atoms with E-state index in [1.54, 1.807) is 105 Å². The zero-order valence-electron chi connectivity index (χ0n) is 32.5. The van der Waals surface area contributed by atoms with Gasteiger partial charge >= 0.3 is 12.1 Å². The Balaban J connectivity index is 1.67. The predicted molar refractivity (Wildman–Crippen MR) is 204 cm³/mol. The average molecular weight is 769 g/mol. The lowest BCUT2D eigenvalue weighted by molar-refractivity contribution is -0.165. The molecule has 0 fully saturated rings. The molecule has 0 radical (unpaired) electrons. The Morgan fingerprint density at radius 2 is 1.57 bits per heavy atom. The zero-order chi connectivity index (χ0) is 39.8. The zero-order valence-corrected chi connectivity index (χ0v) is 33.3. The largest absolute Gasteiger partial charge is 0.593 e. The summed E-state index contributed by atoms with van der Waals surface area (Å²) in [6, 6.07) is 11.9. The molecule has 0 saturated heterocycles. The fourth-order valence-corrected chi connectivity index (χ4v) is 6.49. The number of para-hydroxylation sites is 1. The monoisotopic (exact) mass is 768 g/mol. The van der Waals surface area contributed by atoms with E-state index in [1.165, 1.54) is 15.4 Å². The summed E-state index contributed by atoms with van der Waals surface area (Å²) in [5, 5.41) is 2.84. The highest BCUT2D eigenvalue weighted by atomic mass is 32.2. The smallest absolute Gasteiger partial charge is 0.410 e. The van der Waals surface area contributed by atoms with Crippen LogP contribution in [0.2, 0.25) is 0 Å². The molecule has 1 aromatic heterocycles. The lowest BCUT2D eigenvalue weighted by atomic mass is 10.1. The first-order chi connectivity index (χ1) is 25.3. The van der Waals surface area contributed by atoms with Gasteiger partial charge in [0.1, 0.15) is 23.6 Å². The Morgan fingerprint density at radius 3 is 2.22 bits per heavy atom. The van der Waals surface area contributed by atoms with Crippen LogP contribution in [0.3, 0.4) is 0 Å². The van der Waals surface area contributed by atoms with Gasteiger partial charge in [0.15, 0.2) is 21.9 Å². The van der Waals surface area contributed by atoms with E-state index in [0.29, 0.717) is 33.2 Å². The van der Waals surface area contributed by atoms with Crippen LogP contribution in [-0.2, 0) is 41.6 Å². The molecule has 3 heterocycles. The number of nitrogens with one attached hydrogen (secondary N) is 1. The highest BCUT2D eigenvalue weighted by Gasteiger charge is 2.45. The van der Waals surface area contributed by atoms with Gasteiger partial charge in [0.05, 0.1) is 68.5 Å². The van der Waals surface area contributed by atoms with E-state index in [2.05, 4.69) is 15.3 Å². The van der Waals surface area contributed by atoms with Crippen molar-refractivity contribution in [2.24, 2.45) is 0 Å². The molecular weight excluding hydrogens is 717 g/mol. The fraction of sp³-hybridized carbons (Fsp3) is 0.500. The third-order valence-electron chi connectivity index (χ3n) is 7.83. The number of amides is 2. The Morgan fingerprint density at radius 1 is 0.944 bits per heavy atom. The number of esters is 1. The van der Waals surface area contributed by atoms with Crippen molar-refractivity contribution in [1.82, 2.24) is 19.2 Å². The first kappa shape index (κ1) is 42.3. The third kappa shape index (κ3) is 11.5. The molecule has 4 bridgehead atoms. The van der Waals surface area contributed by atoms with E-state index in [1.807, 2.05) is 0 Å². The topological polar surface area (TPSA) is 191 Å². The highest BCUT2D eigenvalue weighted by Crippen LogP contribution is 2.32. The molecule has 2 aliphatic rings. The number of benzene rings is 2. The van der Waals surface area contributed by atoms with E-state index in [-0.39, 0.29) is 57.6 Å². The van der Waals surface area contributed by atoms with E-state index in [4.69, 9.17) is 29.4 Å². The molecule has 2 aliphatic heterocycles. The normalized spacial score (nSPS) is 16.9. The van der Waals surface area contributed by atoms with Crippen LogP contribution in [0.15, 0.2) is 53.6 Å². The van der Waals surface area contributed by atoms with Crippen LogP contribution in [0.5, 0.6) is 5.75 Å². The van der Waals surface area contributed by atoms with Crippen molar-refractivity contribution in [1.29, 1.82) is 0 Å². The third-order valence-corrected chi connectivity index (χ3v) is 9.55. The molecule has 0 saturated carbocycles. The van der Waals surface area contributed by atoms with Crippen LogP contribution in [-0.4, -0.2) is 105 Å². The number of rotatable bonds is 4. The molecule has 54 heavy (non-hydrogen) atoms. The quantitative estimate of drug-likeness (QED) is 0.200. The number of nitrogens with two attached hydrogens (primary N) is 1. The highest BCUT2D eigenvalue weighted by molar-refractivity contribution is 7.89. The van der Waals surface area contributed by atoms with Crippen LogP contribution in [0.25, 0.3) is 11.3 Å². The summed E-state index contributed by atoms with van der Waals surface area (Å²) < 4.78 is 44.6. The van der Waals surface area contributed by atoms with E-state index >= 15 is 0 Å². The molecule has 3 aromatic rings. The summed E-state index contributed by atoms with van der Waals surface area (Å²) in [7, 11) is 1.61. The maximum atomic E-state index is 14.1. The molecule has 16 heteroatoms. The van der Waals surface area contributed by atoms with Gasteiger partial charge in [-0.1, -0.05) is 12.1 Å². The SMILES string of the molecule is CN(Cc1cccc2c1OCCOCCOCCN(C(C)(C)C(=O)OC(C)(C)C)[S+]([O-])c1ccc(cc1)-c1cnc(N)c(n1)C(=O)N2)C(=O)OC(C)(C)C. The number of carbonyl (C=O) groups is 3. The van der Waals surface area contributed by atoms with Crippen LogP contribution in [0.1, 0.15) is 71.4 Å². The van der Waals surface area contributed by atoms with Crippen molar-refractivity contribution in [3.8, 4) is 17.0 Å². The number of nitrogens with zero attached hydrogens (tertiary/aromatic N) is 4. The van der Waals surface area contributed by atoms with Crippen molar-refractivity contribution in [3.05, 3.63) is 59.9 Å². The number of nitrogen functional groups attached to an aromatic ring is 1. The van der Waals surface area contributed by atoms with Crippen molar-refractivity contribution in [2.45, 2.75) is 83.6 Å². The predicted octanol–water partition coefficient (Wildman–Crippen LogP) is 5.22. The van der Waals surface area contributed by atoms with Gasteiger partial charge in [-0.3, -0.25) is 4.79 Å². The van der Waals surface area contributed by atoms with Gasteiger partial charge in [0.2, 0.25) is 0 Å². The van der Waals surface area contributed by atoms with Crippen LogP contribution < -0.4 is 15.8 Å². The molecule has 0 aliphatic carbocycles. The van der Waals surface area contributed by atoms with Gasteiger partial charge in [-0.2, -0.15) is 0 Å². The van der Waals surface area contributed by atoms with E-state index in [9.17, 15) is 18.9 Å². The Kier molecular flexibility index (Phi) is 13.9. The Bertz CT molecular complexity index is 1780. The van der Waals surface area contributed by atoms with Crippen molar-refractivity contribution >= 4 is 40.8 Å². The molecule has 15 nitrogen and oxygen atoms in total. The van der Waals surface area contributed by atoms with Gasteiger partial charge in [0, 0.05) is 18.2 Å². The summed E-state index contributed by atoms with van der Waals surface area (Å²) in [4.78, 5) is 50.5. The number of aromatic nitrogens is 2. The number of fused-ring (bicyclic) bond motifs is 13. The molecule has 3 N–H and O–H groups in total. The first-order valence-electron chi connectivity index (χ1n) is 17.6. The van der Waals surface area contributed by atoms with Crippen LogP contribution in [0, 0.1) is 0 Å². The molecule has 294 valence electrons. The van der Waals surface area contributed by atoms with Crippen molar-refractivity contribution in [2.75, 3.05) is 57.7 Å². The maximum absolute atomic E-state index is 14.1. The van der Waals surface area contributed by atoms with Gasteiger partial charge < -0.3 is 44.2 Å². The standard InChI is InChI=1S/C38H52N6O9S/c1-36(2,3)52-34(46)38(7,8)44-17-18-49-19-20-50-21-22-51-31-26(24-43(9)35(47)53-37(4,5)6)11-10-12-28(31)42-33(45)30-32(39)40-23-29(41-30)25-13-15-27(16-14-25)54(44)48/h10-16,23H,17-22,24H2,1-9H3,(H2,39,40)(H,42,45). The van der Waals surface area contributed by atoms with E-state index in [0.717, 1.165) is 0 Å². The molecule has 1 atom stereocenters. The molecule has 2 aromatic carbocycles. The minimum atomic E-state index is -1.80. The van der Waals surface area contributed by atoms with Gasteiger partial charge in [-0.15, -0.1) is 4.31 Å². The fourth-order valence-electron chi connectivity index (χ4n) is 5.14. The minimum absolute atomic E-state index is 0.0950. The van der Waals surface area contributed by atoms with Gasteiger partial charge in [0.25, 0.3) is 5.91 Å². The lowest BCUT2D eigenvalue weighted by Gasteiger charge is -2.37. The number of anilines is 2. The number of ether oxygens (including phenoxy) is 5. The molecule has 0 spiro atoms. The lowest BCUT2D eigenvalue weighted by Crippen LogP contribution is -2.55. The molecular formula is C38H52N6O9S. The van der Waals surface area contributed by atoms with Gasteiger partial charge in [-0.05, 0) is 85.7 Å². The molecule has 1 unspecified atom stereocenters. The van der Waals surface area contributed by atoms with Gasteiger partial charge in [-0.25, -0.2) is 19.6 Å². The van der Waals surface area contributed by atoms with E-state index < -0.39 is 46.1 Å². The first-order valence-corrected chi connectivity index (χ1v) is 18.7. The van der Waals surface area contributed by atoms with Crippen molar-refractivity contribution in [3.63, 3.8) is 0 Å². The second-order valence-corrected chi connectivity index (χ2v) is 16.5. The summed E-state index contributed by atoms with van der Waals surface area (Å²) >= 11 is -1.80. The number of carbonyl (C=O) groups excluding carboxylic acids is 3. The van der Waals surface area contributed by atoms with Crippen LogP contribution in [0.4, 0.5) is 16.3 Å². The van der Waals surface area contributed by atoms with Crippen molar-refractivity contribution < 1.29 is 42.6 Å². The summed E-state index contributed by atoms with van der Waals surface area (Å²) in [6.07, 6.45) is 0.912. The summed E-state index contributed by atoms with van der Waals surface area (Å²) in [6.45, 7) is 15.1. The number of hydrogen-bond acceptors (Lipinski definition) is 13. The minimum Gasteiger partial charge on any atom is -0.593 e. The maximum Gasteiger partial charge on any atom is 0.410 e. The summed E-state index contributed by atoms with van der Waals surface area (Å²) in [5.74, 6) is -0.948. The molecule has 2 amide bonds. The van der Waals surface area contributed by atoms with Crippen LogP contribution >= 0.6 is 0 Å². The second kappa shape index (κ2) is 17.8. The summed E-state index contributed by atoms with van der Waals surface area (Å²) in [5.41, 5.74) is 5.14. The number of hydrogen-bond donors (Lipinski definition) is 2.